The highest BCUT2D eigenvalue weighted by atomic mass is 16.4. The van der Waals surface area contributed by atoms with Crippen LogP contribution in [0.5, 0.6) is 0 Å². The Hall–Kier alpha value is -2.77. The van der Waals surface area contributed by atoms with Crippen molar-refractivity contribution in [3.8, 4) is 0 Å². The minimum Gasteiger partial charge on any atom is -0.481 e. The van der Waals surface area contributed by atoms with Gasteiger partial charge in [-0.05, 0) is 202 Å². The Kier molecular flexibility index (Phi) is 41.0. The molecule has 0 amide bonds. The highest BCUT2D eigenvalue weighted by Gasteiger charge is 2.49. The van der Waals surface area contributed by atoms with Crippen LogP contribution in [0.2, 0.25) is 65.7 Å². The molecule has 21 nitrogen and oxygen atoms in total. The Labute approximate surface area is 539 Å². The van der Waals surface area contributed by atoms with Gasteiger partial charge in [-0.1, -0.05) is 98.3 Å². The Morgan fingerprint density at radius 2 is 0.618 bits per heavy atom. The Morgan fingerprint density at radius 1 is 0.393 bits per heavy atom. The van der Waals surface area contributed by atoms with E-state index < -0.39 is 56.9 Å². The Balaban J connectivity index is 0.000000557. The minimum atomic E-state index is -0.665. The van der Waals surface area contributed by atoms with Gasteiger partial charge in [-0.2, -0.15) is 0 Å². The smallest absolute Gasteiger partial charge is 0.309 e. The fourth-order valence-electron chi connectivity index (χ4n) is 14.6. The number of nitrogens with two attached hydrogens (primary N) is 1. The quantitative estimate of drug-likeness (QED) is 0.0206. The van der Waals surface area contributed by atoms with E-state index in [1.54, 1.807) is 34.1 Å². The number of carboxylic acids is 5. The number of hydrogen-bond acceptors (Lipinski definition) is 16. The highest BCUT2D eigenvalue weighted by molar-refractivity contribution is 6.49. The zero-order valence-corrected chi connectivity index (χ0v) is 57.4. The SMILES string of the molecule is CB(O)CCCC[C@@]1(C(=O)O)CC[C@H](N(C)C)C1.CB(O)CCCC[C@@]1(C(=O)O)CC[C@H](NCCN)C1.CB(O)CCCC[C@]1(C(=O)O)CC[C@H](N(C)C)C1.CN[C@H]1CC[C@@](CCCCB(C)O)(C(=O)O)C1.CN[C@H]1CC[C@](CCCCB(C)O)(C(=O)O)C1. The molecule has 5 saturated carbocycles. The van der Waals surface area contributed by atoms with E-state index in [-0.39, 0.29) is 40.6 Å². The summed E-state index contributed by atoms with van der Waals surface area (Å²) in [7, 11) is 11.9. The van der Waals surface area contributed by atoms with Crippen molar-refractivity contribution in [3.05, 3.63) is 0 Å². The molecule has 26 heteroatoms. The van der Waals surface area contributed by atoms with Gasteiger partial charge in [0.1, 0.15) is 0 Å². The maximum absolute atomic E-state index is 11.6. The van der Waals surface area contributed by atoms with Gasteiger partial charge in [0, 0.05) is 43.3 Å². The van der Waals surface area contributed by atoms with Gasteiger partial charge in [-0.25, -0.2) is 0 Å². The number of nitrogens with one attached hydrogen (secondary N) is 3. The van der Waals surface area contributed by atoms with Crippen molar-refractivity contribution in [2.75, 3.05) is 55.4 Å². The van der Waals surface area contributed by atoms with E-state index in [1.165, 1.54) is 0 Å². The lowest BCUT2D eigenvalue weighted by atomic mass is 9.66. The molecule has 5 aliphatic carbocycles. The van der Waals surface area contributed by atoms with Crippen LogP contribution in [0.1, 0.15) is 193 Å². The van der Waals surface area contributed by atoms with Gasteiger partial charge >= 0.3 is 29.8 Å². The maximum atomic E-state index is 11.6. The van der Waals surface area contributed by atoms with Crippen LogP contribution in [0.15, 0.2) is 0 Å². The van der Waals surface area contributed by atoms with Crippen molar-refractivity contribution in [1.82, 2.24) is 25.8 Å². The van der Waals surface area contributed by atoms with Crippen LogP contribution in [-0.2, 0) is 24.0 Å². The minimum absolute atomic E-state index is 0.274. The van der Waals surface area contributed by atoms with Gasteiger partial charge in [0.2, 0.25) is 0 Å². The molecule has 0 aromatic heterocycles. The first-order chi connectivity index (χ1) is 41.7. The maximum Gasteiger partial charge on any atom is 0.309 e. The fraction of sp³-hybridized carbons (Fsp3) is 0.921. The van der Waals surface area contributed by atoms with E-state index in [9.17, 15) is 74.6 Å². The Morgan fingerprint density at radius 3 is 0.809 bits per heavy atom. The van der Waals surface area contributed by atoms with Crippen molar-refractivity contribution >= 4 is 64.4 Å². The number of nitrogens with zero attached hydrogens (tertiary/aromatic N) is 2. The average molecular weight is 1260 g/mol. The van der Waals surface area contributed by atoms with Crippen LogP contribution in [0.4, 0.5) is 0 Å². The molecule has 89 heavy (non-hydrogen) atoms. The third-order valence-electron chi connectivity index (χ3n) is 20.7. The van der Waals surface area contributed by atoms with E-state index in [0.29, 0.717) is 37.1 Å². The molecule has 0 unspecified atom stereocenters. The summed E-state index contributed by atoms with van der Waals surface area (Å²) in [6.45, 7) is 8.85. The van der Waals surface area contributed by atoms with E-state index in [2.05, 4.69) is 25.8 Å². The molecule has 0 aliphatic heterocycles. The Bertz CT molecular complexity index is 1900. The predicted octanol–water partition coefficient (Wildman–Crippen LogP) is 8.08. The number of rotatable bonds is 37. The lowest BCUT2D eigenvalue weighted by Gasteiger charge is -2.26. The first-order valence-corrected chi connectivity index (χ1v) is 34.4. The third-order valence-corrected chi connectivity index (χ3v) is 20.7. The molecule has 0 saturated heterocycles. The van der Waals surface area contributed by atoms with Gasteiger partial charge in [0.05, 0.1) is 27.1 Å². The summed E-state index contributed by atoms with van der Waals surface area (Å²) < 4.78 is 0. The van der Waals surface area contributed by atoms with Gasteiger partial charge in [-0.15, -0.1) is 0 Å². The normalized spacial score (nSPS) is 27.7. The summed E-state index contributed by atoms with van der Waals surface area (Å²) in [5.41, 5.74) is 2.81. The summed E-state index contributed by atoms with van der Waals surface area (Å²) >= 11 is 0. The summed E-state index contributed by atoms with van der Waals surface area (Å²) in [5.74, 6) is -3.23. The molecule has 5 fully saturated rings. The number of carboxylic acid groups (broad SMARTS) is 5. The summed E-state index contributed by atoms with van der Waals surface area (Å²) in [4.78, 5) is 61.8. The lowest BCUT2D eigenvalue weighted by molar-refractivity contribution is -0.150. The van der Waals surface area contributed by atoms with Gasteiger partial charge in [0.25, 0.3) is 34.6 Å². The lowest BCUT2D eigenvalue weighted by Crippen LogP contribution is -2.35. The van der Waals surface area contributed by atoms with Gasteiger partial charge in [-0.3, -0.25) is 24.0 Å². The predicted molar refractivity (Wildman–Crippen MR) is 364 cm³/mol. The molecule has 0 spiro atoms. The number of aliphatic carboxylic acids is 5. The van der Waals surface area contributed by atoms with E-state index in [1.807, 2.05) is 42.3 Å². The van der Waals surface area contributed by atoms with Crippen molar-refractivity contribution < 1.29 is 74.6 Å². The molecule has 5 rings (SSSR count). The summed E-state index contributed by atoms with van der Waals surface area (Å²) in [6.07, 6.45) is 29.0. The van der Waals surface area contributed by atoms with Crippen molar-refractivity contribution in [1.29, 1.82) is 0 Å². The van der Waals surface area contributed by atoms with Crippen LogP contribution in [0.25, 0.3) is 0 Å². The number of hydrogen-bond donors (Lipinski definition) is 14. The molecule has 0 aromatic rings. The van der Waals surface area contributed by atoms with Crippen LogP contribution in [0.3, 0.4) is 0 Å². The van der Waals surface area contributed by atoms with Crippen molar-refractivity contribution in [2.45, 2.75) is 289 Å². The van der Waals surface area contributed by atoms with Gasteiger partial charge < -0.3 is 82.1 Å². The molecular formula is C63H127B5N6O15. The molecule has 514 valence electrons. The van der Waals surface area contributed by atoms with Crippen LogP contribution in [-0.4, -0.2) is 210 Å². The molecule has 5 aliphatic rings. The molecule has 15 N–H and O–H groups in total. The van der Waals surface area contributed by atoms with E-state index in [4.69, 9.17) is 5.73 Å². The summed E-state index contributed by atoms with van der Waals surface area (Å²) in [6, 6.07) is 1.79. The standard InChI is InChI=1S/C13H27BN2O3.2C13H26BNO3.2C12H24BNO3/c1-14(19)7-3-2-5-13(12(17)18)6-4-11(10-13)16-9-8-15;2*1-14(18)9-5-4-7-13(12(16)17)8-6-11(10-13)15(2)3;2*1-13(17)8-4-3-6-12(11(15)16)7-5-10(9-12)14-2/h11,16,19H,2-10,15H2,1H3,(H,17,18);2*11,18H,4-10H2,1-3H3,(H,16,17);2*10,14,17H,3-9H2,1-2H3,(H,15,16)/t2*11-,13+;11-,13-;10-,12+;10-,12-/m00000/s1. The van der Waals surface area contributed by atoms with Crippen molar-refractivity contribution in [2.24, 2.45) is 32.8 Å². The molecule has 0 radical (unpaired) electrons. The third kappa shape index (κ3) is 30.9. The second-order valence-electron chi connectivity index (χ2n) is 28.8. The second kappa shape index (κ2) is 43.3. The topological polar surface area (TPSA) is 356 Å². The molecule has 0 aromatic carbocycles. The molecular weight excluding hydrogens is 1130 g/mol. The summed E-state index contributed by atoms with van der Waals surface area (Å²) in [5, 5.41) is 103. The van der Waals surface area contributed by atoms with E-state index in [0.717, 1.165) is 224 Å². The van der Waals surface area contributed by atoms with Gasteiger partial charge in [0.15, 0.2) is 0 Å². The van der Waals surface area contributed by atoms with Crippen LogP contribution >= 0.6 is 0 Å². The monoisotopic (exact) mass is 1260 g/mol. The van der Waals surface area contributed by atoms with Crippen LogP contribution in [0, 0.1) is 27.1 Å². The number of unbranched alkanes of at least 4 members (excludes halogenated alkanes) is 5. The number of carbonyl (C=O) groups is 5. The largest absolute Gasteiger partial charge is 0.481 e. The average Bonchev–Trinajstić information content (AvgIpc) is 1.94. The first kappa shape index (κ1) is 84.2. The van der Waals surface area contributed by atoms with Crippen molar-refractivity contribution in [3.63, 3.8) is 0 Å². The highest BCUT2D eigenvalue weighted by Crippen LogP contribution is 2.47. The fourth-order valence-corrected chi connectivity index (χ4v) is 14.6. The molecule has 10 atom stereocenters. The zero-order valence-electron chi connectivity index (χ0n) is 57.4. The van der Waals surface area contributed by atoms with E-state index >= 15 is 0 Å². The molecule has 0 heterocycles. The second-order valence-corrected chi connectivity index (χ2v) is 28.8. The first-order valence-electron chi connectivity index (χ1n) is 34.4. The van der Waals surface area contributed by atoms with Crippen LogP contribution < -0.4 is 21.7 Å². The molecule has 0 bridgehead atoms. The zero-order chi connectivity index (χ0) is 67.6.